The van der Waals surface area contributed by atoms with Crippen LogP contribution in [0.1, 0.15) is 32.1 Å². The first kappa shape index (κ1) is 14.6. The van der Waals surface area contributed by atoms with Gasteiger partial charge in [-0.1, -0.05) is 12.8 Å². The normalized spacial score (nSPS) is 23.9. The molecule has 0 radical (unpaired) electrons. The smallest absolute Gasteiger partial charge is 0.253 e. The Bertz CT molecular complexity index is 505. The Kier molecular flexibility index (Phi) is 4.01. The van der Waals surface area contributed by atoms with Gasteiger partial charge in [-0.2, -0.15) is 22.5 Å². The van der Waals surface area contributed by atoms with Crippen LogP contribution in [0, 0.1) is 23.5 Å². The molecule has 3 rings (SSSR count). The Morgan fingerprint density at radius 3 is 2.19 bits per heavy atom. The van der Waals surface area contributed by atoms with Gasteiger partial charge in [0.15, 0.2) is 0 Å². The lowest BCUT2D eigenvalue weighted by atomic mass is 10.2. The zero-order chi connectivity index (χ0) is 15.0. The van der Waals surface area contributed by atoms with Crippen LogP contribution >= 0.6 is 0 Å². The molecule has 2 aliphatic rings. The number of aromatic nitrogens is 1. The lowest BCUT2D eigenvalue weighted by Crippen LogP contribution is -2.33. The summed E-state index contributed by atoms with van der Waals surface area (Å²) in [4.78, 5) is 4.84. The van der Waals surface area contributed by atoms with E-state index < -0.39 is 29.2 Å². The van der Waals surface area contributed by atoms with Crippen LogP contribution in [0.5, 0.6) is 0 Å². The Morgan fingerprint density at radius 1 is 0.952 bits per heavy atom. The van der Waals surface area contributed by atoms with Gasteiger partial charge in [0.05, 0.1) is 0 Å². The molecule has 0 bridgehead atoms. The van der Waals surface area contributed by atoms with Crippen molar-refractivity contribution < 1.29 is 17.6 Å². The highest BCUT2D eigenvalue weighted by Crippen LogP contribution is 2.29. The van der Waals surface area contributed by atoms with E-state index in [0.29, 0.717) is 19.0 Å². The number of likely N-dealkylation sites (tertiary alicyclic amines) is 1. The first-order valence-electron chi connectivity index (χ1n) is 7.27. The van der Waals surface area contributed by atoms with Crippen LogP contribution in [0.25, 0.3) is 0 Å². The lowest BCUT2D eigenvalue weighted by molar-refractivity contribution is 0.244. The molecule has 3 nitrogen and oxygen atoms in total. The van der Waals surface area contributed by atoms with Crippen molar-refractivity contribution in [2.45, 2.75) is 44.2 Å². The Labute approximate surface area is 120 Å². The van der Waals surface area contributed by atoms with Gasteiger partial charge in [-0.15, -0.1) is 0 Å². The maximum absolute atomic E-state index is 13.6. The van der Waals surface area contributed by atoms with Gasteiger partial charge in [0.1, 0.15) is 5.69 Å². The number of halogens is 4. The SMILES string of the molecule is Fc1nc(F)c(F)c(NC2CCN(C3CCCC3)C2)c1F. The molecule has 116 valence electrons. The quantitative estimate of drug-likeness (QED) is 0.687. The summed E-state index contributed by atoms with van der Waals surface area (Å²) >= 11 is 0. The number of pyridine rings is 1. The summed E-state index contributed by atoms with van der Waals surface area (Å²) in [5.74, 6) is -6.18. The average molecular weight is 303 g/mol. The summed E-state index contributed by atoms with van der Waals surface area (Å²) in [5, 5.41) is 2.60. The first-order chi connectivity index (χ1) is 10.1. The monoisotopic (exact) mass is 303 g/mol. The molecule has 1 aliphatic heterocycles. The molecular weight excluding hydrogens is 286 g/mol. The van der Waals surface area contributed by atoms with E-state index in [2.05, 4.69) is 15.2 Å². The van der Waals surface area contributed by atoms with E-state index >= 15 is 0 Å². The molecule has 0 aromatic carbocycles. The molecule has 2 heterocycles. The van der Waals surface area contributed by atoms with Gasteiger partial charge in [-0.05, 0) is 19.3 Å². The molecule has 1 N–H and O–H groups in total. The number of rotatable bonds is 3. The molecule has 1 saturated heterocycles. The Morgan fingerprint density at radius 2 is 1.57 bits per heavy atom. The van der Waals surface area contributed by atoms with Crippen LogP contribution in [0.2, 0.25) is 0 Å². The van der Waals surface area contributed by atoms with Crippen molar-refractivity contribution in [3.63, 3.8) is 0 Å². The molecule has 1 aliphatic carbocycles. The second-order valence-electron chi connectivity index (χ2n) is 5.76. The van der Waals surface area contributed by atoms with E-state index in [-0.39, 0.29) is 6.04 Å². The van der Waals surface area contributed by atoms with E-state index in [0.717, 1.165) is 19.4 Å². The third kappa shape index (κ3) is 2.84. The van der Waals surface area contributed by atoms with E-state index in [1.165, 1.54) is 12.8 Å². The van der Waals surface area contributed by atoms with Gasteiger partial charge in [0, 0.05) is 25.2 Å². The molecule has 1 atom stereocenters. The summed E-state index contributed by atoms with van der Waals surface area (Å²) in [7, 11) is 0. The molecular formula is C14H17F4N3. The van der Waals surface area contributed by atoms with Crippen molar-refractivity contribution in [1.29, 1.82) is 0 Å². The molecule has 1 aromatic heterocycles. The molecule has 21 heavy (non-hydrogen) atoms. The highest BCUT2D eigenvalue weighted by atomic mass is 19.2. The standard InChI is InChI=1S/C14H17F4N3/c15-10-12(11(16)14(18)20-13(10)17)19-8-5-6-21(7-8)9-3-1-2-4-9/h8-9H,1-7H2,(H,19,20). The summed E-state index contributed by atoms with van der Waals surface area (Å²) in [6, 6.07) is 0.313. The first-order valence-corrected chi connectivity index (χ1v) is 7.27. The molecule has 1 aromatic rings. The van der Waals surface area contributed by atoms with Crippen molar-refractivity contribution in [3.8, 4) is 0 Å². The highest BCUT2D eigenvalue weighted by Gasteiger charge is 2.31. The number of hydrogen-bond donors (Lipinski definition) is 1. The topological polar surface area (TPSA) is 28.2 Å². The van der Waals surface area contributed by atoms with Gasteiger partial charge >= 0.3 is 0 Å². The fraction of sp³-hybridized carbons (Fsp3) is 0.643. The zero-order valence-corrected chi connectivity index (χ0v) is 11.5. The predicted octanol–water partition coefficient (Wildman–Crippen LogP) is 3.07. The van der Waals surface area contributed by atoms with Gasteiger partial charge in [0.2, 0.25) is 11.6 Å². The molecule has 1 saturated carbocycles. The molecule has 0 amide bonds. The minimum Gasteiger partial charge on any atom is -0.376 e. The molecule has 1 unspecified atom stereocenters. The summed E-state index contributed by atoms with van der Waals surface area (Å²) < 4.78 is 53.3. The maximum atomic E-state index is 13.6. The fourth-order valence-electron chi connectivity index (χ4n) is 3.32. The Balaban J connectivity index is 1.70. The van der Waals surface area contributed by atoms with Crippen molar-refractivity contribution in [3.05, 3.63) is 23.5 Å². The van der Waals surface area contributed by atoms with Crippen molar-refractivity contribution in [2.24, 2.45) is 0 Å². The molecule has 7 heteroatoms. The zero-order valence-electron chi connectivity index (χ0n) is 11.5. The molecule has 0 spiro atoms. The largest absolute Gasteiger partial charge is 0.376 e. The summed E-state index contributed by atoms with van der Waals surface area (Å²) in [6.45, 7) is 1.47. The van der Waals surface area contributed by atoms with E-state index in [1.807, 2.05) is 0 Å². The van der Waals surface area contributed by atoms with Gasteiger partial charge in [-0.25, -0.2) is 0 Å². The summed E-state index contributed by atoms with van der Waals surface area (Å²) in [6.07, 6.45) is 5.41. The van der Waals surface area contributed by atoms with Crippen LogP contribution in [0.4, 0.5) is 23.2 Å². The minimum absolute atomic E-state index is 0.212. The van der Waals surface area contributed by atoms with E-state index in [4.69, 9.17) is 0 Å². The summed E-state index contributed by atoms with van der Waals surface area (Å²) in [5.41, 5.74) is -0.752. The number of nitrogens with one attached hydrogen (secondary N) is 1. The van der Waals surface area contributed by atoms with Crippen LogP contribution < -0.4 is 5.32 Å². The third-order valence-corrected chi connectivity index (χ3v) is 4.41. The molecule has 2 fully saturated rings. The van der Waals surface area contributed by atoms with Crippen molar-refractivity contribution >= 4 is 5.69 Å². The predicted molar refractivity (Wildman–Crippen MR) is 69.9 cm³/mol. The van der Waals surface area contributed by atoms with E-state index in [9.17, 15) is 17.6 Å². The van der Waals surface area contributed by atoms with Crippen LogP contribution in [0.15, 0.2) is 0 Å². The van der Waals surface area contributed by atoms with E-state index in [1.54, 1.807) is 0 Å². The third-order valence-electron chi connectivity index (χ3n) is 4.41. The minimum atomic E-state index is -1.62. The van der Waals surface area contributed by atoms with Crippen molar-refractivity contribution in [2.75, 3.05) is 18.4 Å². The second-order valence-corrected chi connectivity index (χ2v) is 5.76. The van der Waals surface area contributed by atoms with Gasteiger partial charge in [-0.3, -0.25) is 4.90 Å². The number of hydrogen-bond acceptors (Lipinski definition) is 3. The Hall–Kier alpha value is -1.37. The van der Waals surface area contributed by atoms with Crippen molar-refractivity contribution in [1.82, 2.24) is 9.88 Å². The van der Waals surface area contributed by atoms with Crippen LogP contribution in [-0.2, 0) is 0 Å². The van der Waals surface area contributed by atoms with Gasteiger partial charge in [0.25, 0.3) is 11.9 Å². The average Bonchev–Trinajstić information content (AvgIpc) is 3.12. The maximum Gasteiger partial charge on any atom is 0.253 e. The number of anilines is 1. The van der Waals surface area contributed by atoms with Gasteiger partial charge < -0.3 is 5.32 Å². The van der Waals surface area contributed by atoms with Crippen LogP contribution in [0.3, 0.4) is 0 Å². The lowest BCUT2D eigenvalue weighted by Gasteiger charge is -2.23. The van der Waals surface area contributed by atoms with Crippen LogP contribution in [-0.4, -0.2) is 35.1 Å². The highest BCUT2D eigenvalue weighted by molar-refractivity contribution is 5.46. The second kappa shape index (κ2) is 5.79. The fourth-order valence-corrected chi connectivity index (χ4v) is 3.32. The number of nitrogens with zero attached hydrogens (tertiary/aromatic N) is 2.